The molecule has 0 unspecified atom stereocenters. The summed E-state index contributed by atoms with van der Waals surface area (Å²) in [5, 5.41) is 0. The molecule has 0 fully saturated rings. The lowest BCUT2D eigenvalue weighted by Gasteiger charge is -2.16. The standard InChI is InChI=1S/C15H26N2O2S/c1-5-13(6-2)10-17-20(18,19)15-8-14(9-16)7-11(3)12(15)4/h7-8,13,17H,5-6,9-10,16H2,1-4H3. The average Bonchev–Trinajstić information content (AvgIpc) is 2.42. The van der Waals surface area contributed by atoms with Crippen LogP contribution in [0.15, 0.2) is 17.0 Å². The number of hydrogen-bond donors (Lipinski definition) is 2. The maximum Gasteiger partial charge on any atom is 0.240 e. The number of hydrogen-bond acceptors (Lipinski definition) is 3. The lowest BCUT2D eigenvalue weighted by Crippen LogP contribution is -2.29. The van der Waals surface area contributed by atoms with Gasteiger partial charge in [0.25, 0.3) is 0 Å². The molecule has 20 heavy (non-hydrogen) atoms. The summed E-state index contributed by atoms with van der Waals surface area (Å²) in [6.07, 6.45) is 1.94. The fourth-order valence-corrected chi connectivity index (χ4v) is 3.66. The monoisotopic (exact) mass is 298 g/mol. The van der Waals surface area contributed by atoms with Crippen molar-refractivity contribution in [2.45, 2.75) is 52.0 Å². The summed E-state index contributed by atoms with van der Waals surface area (Å²) in [7, 11) is -3.47. The molecule has 1 rings (SSSR count). The van der Waals surface area contributed by atoms with Crippen LogP contribution in [0.5, 0.6) is 0 Å². The Labute approximate surface area is 122 Å². The molecule has 0 radical (unpaired) electrons. The number of rotatable bonds is 7. The maximum atomic E-state index is 12.5. The van der Waals surface area contributed by atoms with E-state index in [0.717, 1.165) is 29.5 Å². The largest absolute Gasteiger partial charge is 0.326 e. The van der Waals surface area contributed by atoms with Gasteiger partial charge in [-0.25, -0.2) is 13.1 Å². The first-order valence-electron chi connectivity index (χ1n) is 7.15. The topological polar surface area (TPSA) is 72.2 Å². The fourth-order valence-electron chi connectivity index (χ4n) is 2.18. The Balaban J connectivity index is 3.06. The molecule has 0 atom stereocenters. The minimum atomic E-state index is -3.47. The zero-order valence-electron chi connectivity index (χ0n) is 12.9. The molecule has 4 nitrogen and oxygen atoms in total. The highest BCUT2D eigenvalue weighted by atomic mass is 32.2. The second-order valence-corrected chi connectivity index (χ2v) is 7.01. The van der Waals surface area contributed by atoms with E-state index in [1.54, 1.807) is 6.07 Å². The van der Waals surface area contributed by atoms with Gasteiger partial charge in [0.05, 0.1) is 4.90 Å². The van der Waals surface area contributed by atoms with E-state index in [2.05, 4.69) is 18.6 Å². The molecule has 5 heteroatoms. The number of nitrogens with two attached hydrogens (primary N) is 1. The number of sulfonamides is 1. The Morgan fingerprint density at radius 2 is 1.80 bits per heavy atom. The van der Waals surface area contributed by atoms with E-state index in [4.69, 9.17) is 5.73 Å². The number of aryl methyl sites for hydroxylation is 1. The van der Waals surface area contributed by atoms with Crippen molar-refractivity contribution in [3.8, 4) is 0 Å². The molecule has 0 aliphatic carbocycles. The van der Waals surface area contributed by atoms with Gasteiger partial charge in [-0.3, -0.25) is 0 Å². The third kappa shape index (κ3) is 4.04. The lowest BCUT2D eigenvalue weighted by atomic mass is 10.0. The van der Waals surface area contributed by atoms with Crippen LogP contribution in [-0.2, 0) is 16.6 Å². The smallest absolute Gasteiger partial charge is 0.240 e. The van der Waals surface area contributed by atoms with E-state index in [9.17, 15) is 8.42 Å². The van der Waals surface area contributed by atoms with E-state index in [1.165, 1.54) is 0 Å². The Morgan fingerprint density at radius 3 is 2.30 bits per heavy atom. The first kappa shape index (κ1) is 17.1. The second kappa shape index (κ2) is 7.20. The van der Waals surface area contributed by atoms with Gasteiger partial charge in [-0.2, -0.15) is 0 Å². The Hall–Kier alpha value is -0.910. The van der Waals surface area contributed by atoms with Gasteiger partial charge in [-0.15, -0.1) is 0 Å². The highest BCUT2D eigenvalue weighted by Gasteiger charge is 2.19. The van der Waals surface area contributed by atoms with Crippen molar-refractivity contribution in [1.29, 1.82) is 0 Å². The molecule has 0 saturated carbocycles. The van der Waals surface area contributed by atoms with Gasteiger partial charge in [0.1, 0.15) is 0 Å². The molecule has 114 valence electrons. The maximum absolute atomic E-state index is 12.5. The van der Waals surface area contributed by atoms with Crippen molar-refractivity contribution in [3.63, 3.8) is 0 Å². The summed E-state index contributed by atoms with van der Waals surface area (Å²) >= 11 is 0. The Bertz CT molecular complexity index is 549. The fraction of sp³-hybridized carbons (Fsp3) is 0.600. The lowest BCUT2D eigenvalue weighted by molar-refractivity contribution is 0.478. The van der Waals surface area contributed by atoms with Crippen molar-refractivity contribution < 1.29 is 8.42 Å². The van der Waals surface area contributed by atoms with E-state index in [0.29, 0.717) is 23.9 Å². The Kier molecular flexibility index (Phi) is 6.17. The highest BCUT2D eigenvalue weighted by Crippen LogP contribution is 2.21. The van der Waals surface area contributed by atoms with Crippen LogP contribution in [0, 0.1) is 19.8 Å². The molecule has 0 aliphatic heterocycles. The van der Waals surface area contributed by atoms with Gasteiger partial charge in [-0.1, -0.05) is 32.8 Å². The summed E-state index contributed by atoms with van der Waals surface area (Å²) in [6.45, 7) is 8.73. The predicted octanol–water partition coefficient (Wildman–Crippen LogP) is 2.48. The molecular weight excluding hydrogens is 272 g/mol. The minimum Gasteiger partial charge on any atom is -0.326 e. The molecule has 0 aromatic heterocycles. The number of nitrogens with one attached hydrogen (secondary N) is 1. The average molecular weight is 298 g/mol. The molecule has 0 spiro atoms. The number of benzene rings is 1. The molecule has 1 aromatic rings. The summed E-state index contributed by atoms with van der Waals surface area (Å²) in [5.41, 5.74) is 8.22. The first-order valence-corrected chi connectivity index (χ1v) is 8.63. The minimum absolute atomic E-state index is 0.343. The molecule has 0 saturated heterocycles. The quantitative estimate of drug-likeness (QED) is 0.812. The summed E-state index contributed by atoms with van der Waals surface area (Å²) in [4.78, 5) is 0.351. The molecule has 0 aliphatic rings. The normalized spacial score (nSPS) is 12.1. The van der Waals surface area contributed by atoms with Crippen LogP contribution in [0.3, 0.4) is 0 Å². The van der Waals surface area contributed by atoms with Crippen molar-refractivity contribution in [1.82, 2.24) is 4.72 Å². The van der Waals surface area contributed by atoms with Crippen LogP contribution in [0.4, 0.5) is 0 Å². The van der Waals surface area contributed by atoms with Gasteiger partial charge < -0.3 is 5.73 Å². The van der Waals surface area contributed by atoms with E-state index in [1.807, 2.05) is 19.9 Å². The summed E-state index contributed by atoms with van der Waals surface area (Å²) < 4.78 is 27.6. The predicted molar refractivity (Wildman–Crippen MR) is 83.1 cm³/mol. The summed E-state index contributed by atoms with van der Waals surface area (Å²) in [6, 6.07) is 3.62. The van der Waals surface area contributed by atoms with Crippen LogP contribution < -0.4 is 10.5 Å². The van der Waals surface area contributed by atoms with Gasteiger partial charge >= 0.3 is 0 Å². The SMILES string of the molecule is CCC(CC)CNS(=O)(=O)c1cc(CN)cc(C)c1C. The third-order valence-electron chi connectivity index (χ3n) is 3.92. The molecule has 0 heterocycles. The van der Waals surface area contributed by atoms with Crippen LogP contribution in [0.1, 0.15) is 43.4 Å². The zero-order chi connectivity index (χ0) is 15.3. The highest BCUT2D eigenvalue weighted by molar-refractivity contribution is 7.89. The molecule has 3 N–H and O–H groups in total. The Morgan fingerprint density at radius 1 is 1.20 bits per heavy atom. The van der Waals surface area contributed by atoms with Crippen molar-refractivity contribution in [3.05, 3.63) is 28.8 Å². The van der Waals surface area contributed by atoms with Crippen molar-refractivity contribution >= 4 is 10.0 Å². The van der Waals surface area contributed by atoms with Crippen molar-refractivity contribution in [2.75, 3.05) is 6.54 Å². The van der Waals surface area contributed by atoms with Crippen LogP contribution in [-0.4, -0.2) is 15.0 Å². The molecular formula is C15H26N2O2S. The van der Waals surface area contributed by atoms with Gasteiger partial charge in [0.2, 0.25) is 10.0 Å². The summed E-state index contributed by atoms with van der Waals surface area (Å²) in [5.74, 6) is 0.379. The third-order valence-corrected chi connectivity index (χ3v) is 5.47. The van der Waals surface area contributed by atoms with Crippen molar-refractivity contribution in [2.24, 2.45) is 11.7 Å². The van der Waals surface area contributed by atoms with Gasteiger partial charge in [0.15, 0.2) is 0 Å². The first-order chi connectivity index (χ1) is 9.35. The van der Waals surface area contributed by atoms with E-state index < -0.39 is 10.0 Å². The molecule has 1 aromatic carbocycles. The van der Waals surface area contributed by atoms with E-state index in [-0.39, 0.29) is 0 Å². The second-order valence-electron chi connectivity index (χ2n) is 5.27. The van der Waals surface area contributed by atoms with Crippen LogP contribution in [0.25, 0.3) is 0 Å². The van der Waals surface area contributed by atoms with E-state index >= 15 is 0 Å². The molecule has 0 bridgehead atoms. The molecule has 0 amide bonds. The van der Waals surface area contributed by atoms with Crippen LogP contribution in [0.2, 0.25) is 0 Å². The van der Waals surface area contributed by atoms with Crippen LogP contribution >= 0.6 is 0 Å². The van der Waals surface area contributed by atoms with Gasteiger partial charge in [-0.05, 0) is 42.5 Å². The van der Waals surface area contributed by atoms with Gasteiger partial charge in [0, 0.05) is 13.1 Å². The zero-order valence-corrected chi connectivity index (χ0v) is 13.7.